The molecule has 1 fully saturated rings. The first-order chi connectivity index (χ1) is 17.9. The Morgan fingerprint density at radius 3 is 2.46 bits per heavy atom. The molecule has 192 valence electrons. The van der Waals surface area contributed by atoms with Gasteiger partial charge in [0.05, 0.1) is 16.6 Å². The zero-order chi connectivity index (χ0) is 25.8. The Morgan fingerprint density at radius 2 is 1.70 bits per heavy atom. The Labute approximate surface area is 212 Å². The van der Waals surface area contributed by atoms with Crippen molar-refractivity contribution in [2.24, 2.45) is 5.92 Å². The molecule has 1 N–H and O–H groups in total. The monoisotopic (exact) mass is 508 g/mol. The highest BCUT2D eigenvalue weighted by Gasteiger charge is 2.31. The lowest BCUT2D eigenvalue weighted by Crippen LogP contribution is -2.41. The zero-order valence-electron chi connectivity index (χ0n) is 20.1. The highest BCUT2D eigenvalue weighted by Crippen LogP contribution is 2.31. The van der Waals surface area contributed by atoms with E-state index in [0.717, 1.165) is 54.1 Å². The molecule has 0 aliphatic carbocycles. The Hall–Kier alpha value is -4.01. The van der Waals surface area contributed by atoms with E-state index in [1.165, 1.54) is 12.1 Å². The fourth-order valence-corrected chi connectivity index (χ4v) is 4.66. The minimum absolute atomic E-state index is 0.134. The van der Waals surface area contributed by atoms with Crippen LogP contribution < -0.4 is 10.1 Å². The Morgan fingerprint density at radius 1 is 0.973 bits per heavy atom. The standard InChI is InChI=1S/C28H27F3N4O2/c29-28(30,31)21-7-6-8-22(17-21)32-27(36)34-15-13-20(14-16-34)18-35-25-12-5-4-11-24(25)33-26(35)19-37-23-9-2-1-3-10-23/h1-12,17,20H,13-16,18-19H2,(H,32,36). The summed E-state index contributed by atoms with van der Waals surface area (Å²) >= 11 is 0. The van der Waals surface area contributed by atoms with E-state index in [2.05, 4.69) is 9.88 Å². The van der Waals surface area contributed by atoms with E-state index in [9.17, 15) is 18.0 Å². The van der Waals surface area contributed by atoms with Gasteiger partial charge in [0.25, 0.3) is 0 Å². The van der Waals surface area contributed by atoms with Gasteiger partial charge >= 0.3 is 12.2 Å². The van der Waals surface area contributed by atoms with Gasteiger partial charge < -0.3 is 19.5 Å². The number of benzene rings is 3. The van der Waals surface area contributed by atoms with Gasteiger partial charge in [0, 0.05) is 25.3 Å². The number of hydrogen-bond donors (Lipinski definition) is 1. The highest BCUT2D eigenvalue weighted by molar-refractivity contribution is 5.89. The second kappa shape index (κ2) is 10.5. The average molecular weight is 509 g/mol. The van der Waals surface area contributed by atoms with Gasteiger partial charge in [-0.2, -0.15) is 13.2 Å². The molecule has 37 heavy (non-hydrogen) atoms. The number of nitrogens with one attached hydrogen (secondary N) is 1. The number of alkyl halides is 3. The topological polar surface area (TPSA) is 59.4 Å². The molecule has 1 aromatic heterocycles. The smallest absolute Gasteiger partial charge is 0.416 e. The lowest BCUT2D eigenvalue weighted by atomic mass is 9.96. The van der Waals surface area contributed by atoms with Crippen LogP contribution in [0, 0.1) is 5.92 Å². The number of halogens is 3. The van der Waals surface area contributed by atoms with Crippen molar-refractivity contribution < 1.29 is 22.7 Å². The zero-order valence-corrected chi connectivity index (χ0v) is 20.1. The summed E-state index contributed by atoms with van der Waals surface area (Å²) in [5.74, 6) is 1.95. The highest BCUT2D eigenvalue weighted by atomic mass is 19.4. The number of carbonyl (C=O) groups is 1. The van der Waals surface area contributed by atoms with Crippen molar-refractivity contribution in [3.05, 3.63) is 90.3 Å². The first-order valence-corrected chi connectivity index (χ1v) is 12.2. The van der Waals surface area contributed by atoms with Crippen molar-refractivity contribution in [1.29, 1.82) is 0 Å². The minimum Gasteiger partial charge on any atom is -0.486 e. The molecule has 1 aliphatic rings. The normalized spacial score (nSPS) is 14.6. The molecule has 6 nitrogen and oxygen atoms in total. The number of hydrogen-bond acceptors (Lipinski definition) is 3. The number of piperidine rings is 1. The van der Waals surface area contributed by atoms with Crippen LogP contribution in [-0.4, -0.2) is 33.6 Å². The maximum Gasteiger partial charge on any atom is 0.416 e. The summed E-state index contributed by atoms with van der Waals surface area (Å²) in [5, 5.41) is 2.61. The Kier molecular flexibility index (Phi) is 7.03. The summed E-state index contributed by atoms with van der Waals surface area (Å²) in [5.41, 5.74) is 1.30. The summed E-state index contributed by atoms with van der Waals surface area (Å²) in [4.78, 5) is 19.1. The molecule has 0 unspecified atom stereocenters. The molecule has 0 atom stereocenters. The number of para-hydroxylation sites is 3. The molecule has 2 heterocycles. The number of fused-ring (bicyclic) bond motifs is 1. The lowest BCUT2D eigenvalue weighted by Gasteiger charge is -2.32. The van der Waals surface area contributed by atoms with Gasteiger partial charge in [0.1, 0.15) is 18.2 Å². The number of ether oxygens (including phenoxy) is 1. The molecule has 4 aromatic rings. The van der Waals surface area contributed by atoms with Crippen molar-refractivity contribution in [3.8, 4) is 5.75 Å². The summed E-state index contributed by atoms with van der Waals surface area (Å²) < 4.78 is 47.1. The molecule has 2 amide bonds. The van der Waals surface area contributed by atoms with Gasteiger partial charge in [0.15, 0.2) is 0 Å². The first-order valence-electron chi connectivity index (χ1n) is 12.2. The lowest BCUT2D eigenvalue weighted by molar-refractivity contribution is -0.137. The quantitative estimate of drug-likeness (QED) is 0.320. The van der Waals surface area contributed by atoms with Crippen LogP contribution in [0.1, 0.15) is 24.2 Å². The second-order valence-electron chi connectivity index (χ2n) is 9.17. The maximum absolute atomic E-state index is 13.0. The molecule has 0 saturated carbocycles. The van der Waals surface area contributed by atoms with E-state index in [-0.39, 0.29) is 11.7 Å². The van der Waals surface area contributed by atoms with Gasteiger partial charge in [-0.1, -0.05) is 36.4 Å². The molecule has 9 heteroatoms. The third-order valence-electron chi connectivity index (χ3n) is 6.63. The van der Waals surface area contributed by atoms with Crippen LogP contribution in [0.5, 0.6) is 5.75 Å². The number of rotatable bonds is 6. The van der Waals surface area contributed by atoms with E-state index in [1.807, 2.05) is 54.6 Å². The molecule has 0 bridgehead atoms. The molecule has 1 saturated heterocycles. The van der Waals surface area contributed by atoms with Gasteiger partial charge in [-0.25, -0.2) is 9.78 Å². The van der Waals surface area contributed by atoms with Crippen LogP contribution in [0.3, 0.4) is 0 Å². The number of likely N-dealkylation sites (tertiary alicyclic amines) is 1. The SMILES string of the molecule is O=C(Nc1cccc(C(F)(F)F)c1)N1CCC(Cn2c(COc3ccccc3)nc3ccccc32)CC1. The van der Waals surface area contributed by atoms with E-state index in [1.54, 1.807) is 4.90 Å². The van der Waals surface area contributed by atoms with Crippen molar-refractivity contribution >= 4 is 22.8 Å². The van der Waals surface area contributed by atoms with Crippen molar-refractivity contribution in [2.45, 2.75) is 32.2 Å². The third-order valence-corrected chi connectivity index (χ3v) is 6.63. The summed E-state index contributed by atoms with van der Waals surface area (Å²) in [6.45, 7) is 2.14. The predicted molar refractivity (Wildman–Crippen MR) is 135 cm³/mol. The molecule has 0 radical (unpaired) electrons. The van der Waals surface area contributed by atoms with E-state index in [0.29, 0.717) is 25.6 Å². The number of anilines is 1. The minimum atomic E-state index is -4.46. The van der Waals surface area contributed by atoms with Crippen LogP contribution >= 0.6 is 0 Å². The largest absolute Gasteiger partial charge is 0.486 e. The number of carbonyl (C=O) groups excluding carboxylic acids is 1. The molecule has 5 rings (SSSR count). The average Bonchev–Trinajstić information content (AvgIpc) is 3.25. The number of nitrogens with zero attached hydrogens (tertiary/aromatic N) is 3. The number of imidazole rings is 1. The molecule has 1 aliphatic heterocycles. The van der Waals surface area contributed by atoms with Crippen molar-refractivity contribution in [2.75, 3.05) is 18.4 Å². The fourth-order valence-electron chi connectivity index (χ4n) is 4.66. The fraction of sp³-hybridized carbons (Fsp3) is 0.286. The van der Waals surface area contributed by atoms with Gasteiger partial charge in [0.2, 0.25) is 0 Å². The first kappa shape index (κ1) is 24.7. The van der Waals surface area contributed by atoms with Gasteiger partial charge in [-0.05, 0) is 61.2 Å². The van der Waals surface area contributed by atoms with Crippen LogP contribution in [0.25, 0.3) is 11.0 Å². The number of aromatic nitrogens is 2. The number of urea groups is 1. The summed E-state index contributed by atoms with van der Waals surface area (Å²) in [6.07, 6.45) is -2.90. The second-order valence-corrected chi connectivity index (χ2v) is 9.17. The molecular weight excluding hydrogens is 481 g/mol. The van der Waals surface area contributed by atoms with E-state index >= 15 is 0 Å². The van der Waals surface area contributed by atoms with Crippen LogP contribution in [0.4, 0.5) is 23.7 Å². The maximum atomic E-state index is 13.0. The number of amides is 2. The van der Waals surface area contributed by atoms with Crippen LogP contribution in [0.2, 0.25) is 0 Å². The predicted octanol–water partition coefficient (Wildman–Crippen LogP) is 6.58. The van der Waals surface area contributed by atoms with Crippen molar-refractivity contribution in [3.63, 3.8) is 0 Å². The molecule has 0 spiro atoms. The Balaban J connectivity index is 1.22. The van der Waals surface area contributed by atoms with Crippen LogP contribution in [-0.2, 0) is 19.3 Å². The van der Waals surface area contributed by atoms with E-state index in [4.69, 9.17) is 9.72 Å². The summed E-state index contributed by atoms with van der Waals surface area (Å²) in [7, 11) is 0. The van der Waals surface area contributed by atoms with Gasteiger partial charge in [-0.3, -0.25) is 0 Å². The molecular formula is C28H27F3N4O2. The van der Waals surface area contributed by atoms with Gasteiger partial charge in [-0.15, -0.1) is 0 Å². The van der Waals surface area contributed by atoms with Crippen LogP contribution in [0.15, 0.2) is 78.9 Å². The molecule has 3 aromatic carbocycles. The Bertz CT molecular complexity index is 1360. The summed E-state index contributed by atoms with van der Waals surface area (Å²) in [6, 6.07) is 21.9. The van der Waals surface area contributed by atoms with Crippen molar-refractivity contribution in [1.82, 2.24) is 14.5 Å². The third kappa shape index (κ3) is 5.87. The van der Waals surface area contributed by atoms with E-state index < -0.39 is 11.7 Å².